The number of nitrogens with two attached hydrogens (primary N) is 1. The first-order chi connectivity index (χ1) is 45.9. The lowest BCUT2D eigenvalue weighted by Crippen LogP contribution is -2.64. The minimum atomic E-state index is -2.11. The van der Waals surface area contributed by atoms with Crippen LogP contribution in [0.15, 0.2) is 77.3 Å². The molecule has 4 fully saturated rings. The number of unbranched alkanes of at least 4 members (excludes halogenated alkanes) is 4. The van der Waals surface area contributed by atoms with E-state index in [1.54, 1.807) is 18.2 Å². The van der Waals surface area contributed by atoms with Crippen LogP contribution in [0.3, 0.4) is 0 Å². The highest BCUT2D eigenvalue weighted by Crippen LogP contribution is 2.33. The molecule has 0 radical (unpaired) electrons. The van der Waals surface area contributed by atoms with Crippen LogP contribution in [0.1, 0.15) is 95.0 Å². The summed E-state index contributed by atoms with van der Waals surface area (Å²) in [5.41, 5.74) is 7.63. The van der Waals surface area contributed by atoms with Crippen molar-refractivity contribution in [2.24, 2.45) is 11.7 Å². The molecule has 4 saturated heterocycles. The topological polar surface area (TPSA) is 449 Å². The first-order valence-corrected chi connectivity index (χ1v) is 32.8. The predicted molar refractivity (Wildman–Crippen MR) is 342 cm³/mol. The molecule has 3 aromatic carbocycles. The Labute approximate surface area is 558 Å². The number of aromatic nitrogens is 1. The van der Waals surface area contributed by atoms with Gasteiger partial charge in [-0.25, -0.2) is 5.26 Å². The molecule has 15 N–H and O–H groups in total. The van der Waals surface area contributed by atoms with Crippen LogP contribution in [0.5, 0.6) is 17.2 Å². The van der Waals surface area contributed by atoms with Gasteiger partial charge in [0.25, 0.3) is 18.2 Å². The molecule has 96 heavy (non-hydrogen) atoms. The molecule has 0 aliphatic carbocycles. The van der Waals surface area contributed by atoms with Crippen molar-refractivity contribution in [3.05, 3.63) is 83.9 Å². The minimum Gasteiger partial charge on any atom is -0.504 e. The molecule has 0 bridgehead atoms. The van der Waals surface area contributed by atoms with Gasteiger partial charge in [-0.1, -0.05) is 58.9 Å². The zero-order valence-electron chi connectivity index (χ0n) is 53.8. The normalized spacial score (nSPS) is 26.9. The number of morpholine rings is 1. The van der Waals surface area contributed by atoms with Gasteiger partial charge in [0.1, 0.15) is 47.7 Å². The lowest BCUT2D eigenvalue weighted by Gasteiger charge is -2.35. The van der Waals surface area contributed by atoms with Gasteiger partial charge in [0.2, 0.25) is 35.4 Å². The quantitative estimate of drug-likeness (QED) is 0.0187. The predicted octanol–water partition coefficient (Wildman–Crippen LogP) is -0.187. The average molecular weight is 1370 g/mol. The van der Waals surface area contributed by atoms with Gasteiger partial charge >= 0.3 is 0 Å². The maximum atomic E-state index is 14.7. The number of carbonyl (C=O) groups is 7. The van der Waals surface area contributed by atoms with E-state index in [4.69, 9.17) is 29.2 Å². The minimum absolute atomic E-state index is 0.00780. The lowest BCUT2D eigenvalue weighted by atomic mass is 9.98. The van der Waals surface area contributed by atoms with Crippen LogP contribution in [0.25, 0.3) is 22.6 Å². The summed E-state index contributed by atoms with van der Waals surface area (Å²) in [5.74, 6) is -8.19. The number of aromatic hydroxyl groups is 1. The smallest absolute Gasteiger partial charge is 0.261 e. The highest BCUT2D eigenvalue weighted by molar-refractivity contribution is 7.90. The van der Waals surface area contributed by atoms with Gasteiger partial charge in [-0.05, 0) is 107 Å². The summed E-state index contributed by atoms with van der Waals surface area (Å²) in [6, 6.07) is 7.57. The van der Waals surface area contributed by atoms with Crippen molar-refractivity contribution in [1.29, 1.82) is 0 Å². The first-order valence-electron chi connectivity index (χ1n) is 32.1. The third-order valence-electron chi connectivity index (χ3n) is 17.3. The highest BCUT2D eigenvalue weighted by atomic mass is 32.2. The molecule has 8 rings (SSSR count). The number of fused-ring (bicyclic) bond motifs is 2. The third-order valence-corrected chi connectivity index (χ3v) is 17.7. The van der Waals surface area contributed by atoms with E-state index in [1.807, 2.05) is 24.3 Å². The van der Waals surface area contributed by atoms with Crippen molar-refractivity contribution in [3.63, 3.8) is 0 Å². The van der Waals surface area contributed by atoms with Crippen LogP contribution in [0, 0.1) is 5.92 Å². The SMILES string of the molecule is C[C@@H]1CN(CCCCCCCOc2ccc(-c3cc(-c4ccc(C(=O)N[C@H]5C[C@H](O)CNC(=O)[C@@H]6[C@@H](O)[C@H](C)CN6C(=O)[C@H]([C@H](O)CCN)NC(=O)[C@H]([C@H](O)Cc6ccc(O)c(OSOOO)c6)NC(=O)[C@@H]6C[C@H](O)CN6C(=O)[C@H]([C@H](C)O)NC5=O)cc4)no3)cc2)C[C@H](C)O1. The van der Waals surface area contributed by atoms with E-state index in [9.17, 15) is 69.3 Å². The van der Waals surface area contributed by atoms with Crippen molar-refractivity contribution in [3.8, 4) is 39.8 Å². The van der Waals surface area contributed by atoms with Gasteiger partial charge in [-0.3, -0.25) is 38.5 Å². The molecule has 526 valence electrons. The number of rotatable bonds is 24. The summed E-state index contributed by atoms with van der Waals surface area (Å²) in [5, 5.41) is 107. The molecule has 0 saturated carbocycles. The molecule has 0 unspecified atom stereocenters. The maximum absolute atomic E-state index is 14.7. The Bertz CT molecular complexity index is 3250. The molecular formula is C64H88N10O21S. The van der Waals surface area contributed by atoms with Crippen LogP contribution in [0.4, 0.5) is 0 Å². The maximum Gasteiger partial charge on any atom is 0.261 e. The molecule has 15 atom stereocenters. The number of aliphatic hydroxyl groups excluding tert-OH is 6. The molecule has 1 aromatic heterocycles. The number of aliphatic hydroxyl groups is 6. The van der Waals surface area contributed by atoms with E-state index >= 15 is 0 Å². The van der Waals surface area contributed by atoms with Crippen molar-refractivity contribution >= 4 is 53.7 Å². The zero-order valence-corrected chi connectivity index (χ0v) is 54.6. The van der Waals surface area contributed by atoms with Gasteiger partial charge in [0.05, 0.1) is 55.4 Å². The summed E-state index contributed by atoms with van der Waals surface area (Å²) in [6.45, 7) is 8.71. The van der Waals surface area contributed by atoms with E-state index in [-0.39, 0.29) is 60.9 Å². The standard InChI is InChI=1S/C64H88N10O21S/c1-34-30-74-56(57(34)81)62(86)66-29-42(76)26-46(67-58(82)41-13-11-39(12-14-41)45-28-51(92-71-45)40-15-17-44(18-16-40)90-23-9-7-5-6-8-22-72-31-35(2)91-36(3)32-72)59(83)68-53(37(4)75)63(87)73-33-43(77)27-47(73)60(84)69-54(61(85)70-55(64(74)88)49(79)20-21-65)50(80)24-38-10-19-48(78)52(25-38)93-96-95-94-89/h10-19,25,28,34-37,42-43,46-47,49-50,53-57,75-81,89H,5-9,20-24,26-27,29-33,65H2,1-4H3,(H,66,86)(H,67,82)(H,68,83)(H,69,84)(H,70,85)/t34-,35-,36+,37+,42+,43+,46+,47+,49-,50-,53+,54+,55+,56+,57+/m1/s1. The van der Waals surface area contributed by atoms with Gasteiger partial charge in [0.15, 0.2) is 17.3 Å². The molecule has 31 nitrogen and oxygen atoms in total. The van der Waals surface area contributed by atoms with E-state index < -0.39 is 158 Å². The second-order valence-corrected chi connectivity index (χ2v) is 25.4. The third kappa shape index (κ3) is 19.8. The molecule has 0 spiro atoms. The van der Waals surface area contributed by atoms with Gasteiger partial charge in [-0.2, -0.15) is 0 Å². The van der Waals surface area contributed by atoms with E-state index in [2.05, 4.69) is 59.9 Å². The van der Waals surface area contributed by atoms with Crippen LogP contribution < -0.4 is 41.2 Å². The molecule has 4 aliphatic rings. The summed E-state index contributed by atoms with van der Waals surface area (Å²) >= 11 is 0.0800. The Hall–Kier alpha value is -7.57. The number of hydrogen-bond donors (Lipinski definition) is 14. The molecule has 5 heterocycles. The number of benzene rings is 3. The first kappa shape index (κ1) is 74.2. The number of β-amino-alcohol motifs (C(OH)–C–C–N with tert-alkyl or cyclic N) is 1. The summed E-state index contributed by atoms with van der Waals surface area (Å²) in [4.78, 5) is 106. The Morgan fingerprint density at radius 2 is 1.42 bits per heavy atom. The van der Waals surface area contributed by atoms with E-state index in [0.717, 1.165) is 80.1 Å². The van der Waals surface area contributed by atoms with Crippen LogP contribution in [0.2, 0.25) is 0 Å². The highest BCUT2D eigenvalue weighted by Gasteiger charge is 2.50. The molecule has 4 aromatic rings. The van der Waals surface area contributed by atoms with Crippen molar-refractivity contribution < 1.29 is 102 Å². The Morgan fingerprint density at radius 3 is 2.11 bits per heavy atom. The monoisotopic (exact) mass is 1360 g/mol. The second-order valence-electron chi connectivity index (χ2n) is 25.0. The second kappa shape index (κ2) is 35.1. The lowest BCUT2D eigenvalue weighted by molar-refractivity contribution is -0.433. The number of nitrogens with zero attached hydrogens (tertiary/aromatic N) is 4. The zero-order chi connectivity index (χ0) is 69.3. The average Bonchev–Trinajstić information content (AvgIpc) is 1.68. The molecule has 4 aliphatic heterocycles. The van der Waals surface area contributed by atoms with Crippen LogP contribution in [-0.4, -0.2) is 240 Å². The van der Waals surface area contributed by atoms with E-state index in [0.29, 0.717) is 29.4 Å². The number of phenolic OH excluding ortho intramolecular Hbond substituents is 1. The largest absolute Gasteiger partial charge is 0.504 e. The number of phenols is 1. The van der Waals surface area contributed by atoms with Crippen molar-refractivity contribution in [2.45, 2.75) is 171 Å². The number of hydrogen-bond acceptors (Lipinski definition) is 25. The molecule has 7 amide bonds. The number of ether oxygens (including phenoxy) is 2. The fraction of sp³-hybridized carbons (Fsp3) is 0.562. The number of amides is 7. The van der Waals surface area contributed by atoms with E-state index in [1.165, 1.54) is 31.2 Å². The fourth-order valence-corrected chi connectivity index (χ4v) is 12.6. The summed E-state index contributed by atoms with van der Waals surface area (Å²) in [6.07, 6.45) is -6.28. The fourth-order valence-electron chi connectivity index (χ4n) is 12.4. The Kier molecular flexibility index (Phi) is 27.1. The summed E-state index contributed by atoms with van der Waals surface area (Å²) < 4.78 is 26.9. The van der Waals surface area contributed by atoms with Gasteiger partial charge in [-0.15, -0.1) is 0 Å². The van der Waals surface area contributed by atoms with Gasteiger partial charge < -0.3 is 96.0 Å². The van der Waals surface area contributed by atoms with Gasteiger partial charge in [0, 0.05) is 80.7 Å². The van der Waals surface area contributed by atoms with Crippen molar-refractivity contribution in [1.82, 2.24) is 46.4 Å². The van der Waals surface area contributed by atoms with Crippen LogP contribution >= 0.6 is 12.3 Å². The Morgan fingerprint density at radius 1 is 0.750 bits per heavy atom. The van der Waals surface area contributed by atoms with Crippen LogP contribution in [-0.2, 0) is 49.3 Å². The summed E-state index contributed by atoms with van der Waals surface area (Å²) in [7, 11) is 0. The number of carbonyl (C=O) groups excluding carboxylic acids is 7. The Balaban J connectivity index is 0.984. The number of nitrogens with one attached hydrogen (secondary N) is 5. The van der Waals surface area contributed by atoms with Crippen molar-refractivity contribution in [2.75, 3.05) is 52.4 Å². The molecule has 32 heteroatoms. The molecular weight excluding hydrogens is 1280 g/mol.